The zero-order valence-electron chi connectivity index (χ0n) is 11.2. The lowest BCUT2D eigenvalue weighted by Crippen LogP contribution is -2.44. The Bertz CT molecular complexity index is 497. The summed E-state index contributed by atoms with van der Waals surface area (Å²) in [7, 11) is 0. The molecule has 4 nitrogen and oxygen atoms in total. The van der Waals surface area contributed by atoms with Gasteiger partial charge in [0, 0.05) is 18.8 Å². The van der Waals surface area contributed by atoms with Crippen molar-refractivity contribution in [1.29, 1.82) is 0 Å². The highest BCUT2D eigenvalue weighted by Crippen LogP contribution is 2.21. The molecule has 0 radical (unpaired) electrons. The number of amides is 1. The number of hydrogen-bond acceptors (Lipinski definition) is 2. The van der Waals surface area contributed by atoms with Gasteiger partial charge in [0.2, 0.25) is 0 Å². The molecule has 0 saturated carbocycles. The van der Waals surface area contributed by atoms with Gasteiger partial charge < -0.3 is 9.88 Å². The number of aromatic nitrogens is 1. The van der Waals surface area contributed by atoms with Crippen molar-refractivity contribution in [1.82, 2.24) is 9.88 Å². The zero-order valence-corrected chi connectivity index (χ0v) is 11.2. The fourth-order valence-corrected chi connectivity index (χ4v) is 2.74. The lowest BCUT2D eigenvalue weighted by Gasteiger charge is -2.34. The predicted molar refractivity (Wildman–Crippen MR) is 70.6 cm³/mol. The van der Waals surface area contributed by atoms with E-state index in [-0.39, 0.29) is 17.0 Å². The van der Waals surface area contributed by atoms with Crippen LogP contribution in [0.15, 0.2) is 16.9 Å². The molecule has 1 saturated heterocycles. The number of carbonyl (C=O) groups is 1. The van der Waals surface area contributed by atoms with Crippen LogP contribution >= 0.6 is 0 Å². The van der Waals surface area contributed by atoms with Gasteiger partial charge in [-0.05, 0) is 37.3 Å². The third-order valence-electron chi connectivity index (χ3n) is 3.44. The summed E-state index contributed by atoms with van der Waals surface area (Å²) in [4.78, 5) is 28.6. The molecule has 1 fully saturated rings. The Labute approximate surface area is 107 Å². The van der Waals surface area contributed by atoms with Gasteiger partial charge in [-0.25, -0.2) is 0 Å². The van der Waals surface area contributed by atoms with Crippen LogP contribution in [0.5, 0.6) is 0 Å². The summed E-state index contributed by atoms with van der Waals surface area (Å²) in [5, 5.41) is 0. The largest absolute Gasteiger partial charge is 0.338 e. The summed E-state index contributed by atoms with van der Waals surface area (Å²) >= 11 is 0. The predicted octanol–water partition coefficient (Wildman–Crippen LogP) is 1.80. The van der Waals surface area contributed by atoms with Crippen LogP contribution in [0.3, 0.4) is 0 Å². The average Bonchev–Trinajstić information content (AvgIpc) is 2.26. The Morgan fingerprint density at radius 2 is 1.89 bits per heavy atom. The second-order valence-corrected chi connectivity index (χ2v) is 5.54. The minimum atomic E-state index is -0.286. The van der Waals surface area contributed by atoms with Crippen molar-refractivity contribution in [3.63, 3.8) is 0 Å². The quantitative estimate of drug-likeness (QED) is 0.824. The topological polar surface area (TPSA) is 53.2 Å². The van der Waals surface area contributed by atoms with Crippen LogP contribution in [-0.4, -0.2) is 28.9 Å². The van der Waals surface area contributed by atoms with Gasteiger partial charge in [0.15, 0.2) is 0 Å². The fourth-order valence-electron chi connectivity index (χ4n) is 2.74. The van der Waals surface area contributed by atoms with E-state index in [0.717, 1.165) is 25.2 Å². The number of aromatic amines is 1. The van der Waals surface area contributed by atoms with Crippen LogP contribution in [0.4, 0.5) is 0 Å². The molecule has 1 aliphatic heterocycles. The Morgan fingerprint density at radius 1 is 1.28 bits per heavy atom. The molecule has 4 heteroatoms. The van der Waals surface area contributed by atoms with Crippen molar-refractivity contribution in [2.75, 3.05) is 13.1 Å². The first kappa shape index (κ1) is 12.9. The number of nitrogens with zero attached hydrogens (tertiary/aromatic N) is 1. The van der Waals surface area contributed by atoms with E-state index in [1.807, 2.05) is 0 Å². The molecule has 1 N–H and O–H groups in total. The molecule has 0 aliphatic carbocycles. The van der Waals surface area contributed by atoms with E-state index in [9.17, 15) is 9.59 Å². The van der Waals surface area contributed by atoms with Gasteiger partial charge in [-0.3, -0.25) is 9.59 Å². The van der Waals surface area contributed by atoms with Crippen molar-refractivity contribution >= 4 is 5.91 Å². The molecule has 1 aromatic heterocycles. The third kappa shape index (κ3) is 2.63. The van der Waals surface area contributed by atoms with Crippen LogP contribution < -0.4 is 5.56 Å². The van der Waals surface area contributed by atoms with Crippen molar-refractivity contribution < 1.29 is 4.79 Å². The van der Waals surface area contributed by atoms with Gasteiger partial charge >= 0.3 is 0 Å². The molecule has 0 bridgehead atoms. The number of likely N-dealkylation sites (tertiary alicyclic amines) is 1. The molecular weight excluding hydrogens is 228 g/mol. The Morgan fingerprint density at radius 3 is 2.44 bits per heavy atom. The second kappa shape index (κ2) is 4.96. The number of rotatable bonds is 1. The van der Waals surface area contributed by atoms with Crippen LogP contribution in [0.25, 0.3) is 0 Å². The van der Waals surface area contributed by atoms with Crippen LogP contribution in [0, 0.1) is 18.8 Å². The summed E-state index contributed by atoms with van der Waals surface area (Å²) in [5.74, 6) is 0.860. The minimum absolute atomic E-state index is 0.144. The molecular formula is C14H20N2O2. The van der Waals surface area contributed by atoms with E-state index >= 15 is 0 Å². The molecule has 18 heavy (non-hydrogen) atoms. The maximum atomic E-state index is 12.3. The first-order valence-corrected chi connectivity index (χ1v) is 6.46. The molecule has 0 aromatic carbocycles. The summed E-state index contributed by atoms with van der Waals surface area (Å²) in [6.45, 7) is 7.60. The van der Waals surface area contributed by atoms with Gasteiger partial charge in [-0.15, -0.1) is 0 Å². The lowest BCUT2D eigenvalue weighted by atomic mass is 9.91. The van der Waals surface area contributed by atoms with E-state index in [2.05, 4.69) is 18.8 Å². The molecule has 1 aromatic rings. The summed E-state index contributed by atoms with van der Waals surface area (Å²) in [5.41, 5.74) is 0.740. The molecule has 2 rings (SSSR count). The number of nitrogens with one attached hydrogen (secondary N) is 1. The molecule has 2 atom stereocenters. The highest BCUT2D eigenvalue weighted by Gasteiger charge is 2.27. The Balaban J connectivity index is 2.23. The molecule has 0 spiro atoms. The number of H-pyrrole nitrogens is 1. The van der Waals surface area contributed by atoms with Gasteiger partial charge in [0.25, 0.3) is 11.5 Å². The first-order valence-electron chi connectivity index (χ1n) is 6.46. The van der Waals surface area contributed by atoms with Crippen molar-refractivity contribution in [2.24, 2.45) is 11.8 Å². The smallest absolute Gasteiger partial charge is 0.260 e. The van der Waals surface area contributed by atoms with E-state index in [4.69, 9.17) is 0 Å². The van der Waals surface area contributed by atoms with Gasteiger partial charge in [-0.2, -0.15) is 0 Å². The number of piperidine rings is 1. The Hall–Kier alpha value is -1.58. The molecule has 2 heterocycles. The van der Waals surface area contributed by atoms with Crippen LogP contribution in [-0.2, 0) is 0 Å². The number of hydrogen-bond donors (Lipinski definition) is 1. The van der Waals surface area contributed by atoms with E-state index in [0.29, 0.717) is 11.8 Å². The highest BCUT2D eigenvalue weighted by molar-refractivity contribution is 5.93. The molecule has 1 amide bonds. The number of aryl methyl sites for hydroxylation is 1. The Kier molecular flexibility index (Phi) is 3.55. The molecule has 1 aliphatic rings. The van der Waals surface area contributed by atoms with Gasteiger partial charge in [0.05, 0.1) is 0 Å². The van der Waals surface area contributed by atoms with E-state index < -0.39 is 0 Å². The van der Waals surface area contributed by atoms with Crippen molar-refractivity contribution in [3.05, 3.63) is 33.7 Å². The standard InChI is InChI=1S/C14H20N2O2/c1-9-6-10(2)8-16(7-9)14(18)12-5-4-11(3)15-13(12)17/h4-5,9-10H,6-8H2,1-3H3,(H,15,17)/t9-,10-/m0/s1. The van der Waals surface area contributed by atoms with Gasteiger partial charge in [-0.1, -0.05) is 13.8 Å². The average molecular weight is 248 g/mol. The number of carbonyl (C=O) groups excluding carboxylic acids is 1. The fraction of sp³-hybridized carbons (Fsp3) is 0.571. The third-order valence-corrected chi connectivity index (χ3v) is 3.44. The highest BCUT2D eigenvalue weighted by atomic mass is 16.2. The maximum Gasteiger partial charge on any atom is 0.260 e. The number of pyridine rings is 1. The normalized spacial score (nSPS) is 24.1. The minimum Gasteiger partial charge on any atom is -0.338 e. The first-order chi connectivity index (χ1) is 8.47. The van der Waals surface area contributed by atoms with E-state index in [1.54, 1.807) is 24.0 Å². The SMILES string of the molecule is Cc1ccc(C(=O)N2C[C@@H](C)C[C@H](C)C2)c(=O)[nH]1. The zero-order chi connectivity index (χ0) is 13.3. The van der Waals surface area contributed by atoms with Gasteiger partial charge in [0.1, 0.15) is 5.56 Å². The van der Waals surface area contributed by atoms with Crippen molar-refractivity contribution in [3.8, 4) is 0 Å². The monoisotopic (exact) mass is 248 g/mol. The van der Waals surface area contributed by atoms with Crippen LogP contribution in [0.2, 0.25) is 0 Å². The lowest BCUT2D eigenvalue weighted by molar-refractivity contribution is 0.0621. The summed E-state index contributed by atoms with van der Waals surface area (Å²) < 4.78 is 0. The maximum absolute atomic E-state index is 12.3. The summed E-state index contributed by atoms with van der Waals surface area (Å²) in [6, 6.07) is 3.39. The summed E-state index contributed by atoms with van der Waals surface area (Å²) in [6.07, 6.45) is 1.15. The molecule has 98 valence electrons. The van der Waals surface area contributed by atoms with E-state index in [1.165, 1.54) is 0 Å². The molecule has 0 unspecified atom stereocenters. The van der Waals surface area contributed by atoms with Crippen molar-refractivity contribution in [2.45, 2.75) is 27.2 Å². The second-order valence-electron chi connectivity index (χ2n) is 5.54. The van der Waals surface area contributed by atoms with Crippen LogP contribution in [0.1, 0.15) is 36.3 Å².